The second-order valence-corrected chi connectivity index (χ2v) is 13.9. The van der Waals surface area contributed by atoms with E-state index in [1.165, 1.54) is 65.1 Å². The normalized spacial score (nSPS) is 13.4. The molecule has 2 heteroatoms. The zero-order valence-electron chi connectivity index (χ0n) is 26.8. The summed E-state index contributed by atoms with van der Waals surface area (Å²) in [6.07, 6.45) is 0. The highest BCUT2D eigenvalue weighted by Crippen LogP contribution is 2.63. The molecular formula is C47H31NS. The van der Waals surface area contributed by atoms with Crippen LogP contribution in [0.25, 0.3) is 33.0 Å². The van der Waals surface area contributed by atoms with Crippen molar-refractivity contribution in [1.82, 2.24) is 0 Å². The van der Waals surface area contributed by atoms with E-state index in [-0.39, 0.29) is 0 Å². The van der Waals surface area contributed by atoms with Crippen molar-refractivity contribution in [3.8, 4) is 22.3 Å². The molecule has 1 aliphatic heterocycles. The molecule has 1 aliphatic carbocycles. The summed E-state index contributed by atoms with van der Waals surface area (Å²) in [5.41, 5.74) is 13.5. The van der Waals surface area contributed by atoms with Gasteiger partial charge in [-0.1, -0.05) is 163 Å². The van der Waals surface area contributed by atoms with Crippen LogP contribution in [0.4, 0.5) is 17.1 Å². The van der Waals surface area contributed by atoms with Gasteiger partial charge in [-0.15, -0.1) is 0 Å². The molecule has 8 aromatic rings. The molecule has 1 heterocycles. The maximum atomic E-state index is 2.42. The van der Waals surface area contributed by atoms with Crippen LogP contribution in [0.2, 0.25) is 0 Å². The van der Waals surface area contributed by atoms with Crippen molar-refractivity contribution in [2.75, 3.05) is 4.90 Å². The number of anilines is 3. The Labute approximate surface area is 291 Å². The fraction of sp³-hybridized carbons (Fsp3) is 0.0213. The lowest BCUT2D eigenvalue weighted by Crippen LogP contribution is -2.32. The Balaban J connectivity index is 1.21. The Morgan fingerprint density at radius 3 is 1.67 bits per heavy atom. The highest BCUT2D eigenvalue weighted by Gasteiger charge is 2.50. The number of benzene rings is 8. The lowest BCUT2D eigenvalue weighted by Gasteiger charge is -2.40. The van der Waals surface area contributed by atoms with E-state index < -0.39 is 5.41 Å². The zero-order valence-corrected chi connectivity index (χ0v) is 27.6. The highest BCUT2D eigenvalue weighted by atomic mass is 32.2. The molecule has 0 unspecified atom stereocenters. The minimum atomic E-state index is -0.416. The topological polar surface area (TPSA) is 3.24 Å². The first-order valence-corrected chi connectivity index (χ1v) is 17.7. The fourth-order valence-electron chi connectivity index (χ4n) is 8.22. The Morgan fingerprint density at radius 1 is 0.388 bits per heavy atom. The van der Waals surface area contributed by atoms with E-state index in [2.05, 4.69) is 193 Å². The summed E-state index contributed by atoms with van der Waals surface area (Å²) in [6, 6.07) is 69.1. The smallest absolute Gasteiger partial charge is 0.0735 e. The lowest BCUT2D eigenvalue weighted by atomic mass is 9.67. The summed E-state index contributed by atoms with van der Waals surface area (Å²) in [5, 5.41) is 2.58. The van der Waals surface area contributed by atoms with Gasteiger partial charge in [-0.25, -0.2) is 0 Å². The average Bonchev–Trinajstić information content (AvgIpc) is 3.46. The van der Waals surface area contributed by atoms with Crippen molar-refractivity contribution in [3.05, 3.63) is 210 Å². The molecule has 0 bridgehead atoms. The van der Waals surface area contributed by atoms with E-state index >= 15 is 0 Å². The van der Waals surface area contributed by atoms with Gasteiger partial charge >= 0.3 is 0 Å². The largest absolute Gasteiger partial charge is 0.310 e. The molecule has 0 radical (unpaired) electrons. The number of hydrogen-bond acceptors (Lipinski definition) is 2. The molecule has 1 spiro atoms. The molecule has 10 rings (SSSR count). The minimum absolute atomic E-state index is 0.416. The van der Waals surface area contributed by atoms with E-state index in [0.29, 0.717) is 0 Å². The van der Waals surface area contributed by atoms with Gasteiger partial charge in [0, 0.05) is 26.9 Å². The van der Waals surface area contributed by atoms with Crippen LogP contribution in [0.3, 0.4) is 0 Å². The van der Waals surface area contributed by atoms with Crippen molar-refractivity contribution in [3.63, 3.8) is 0 Å². The third-order valence-electron chi connectivity index (χ3n) is 10.3. The Kier molecular flexibility index (Phi) is 6.40. The molecule has 49 heavy (non-hydrogen) atoms. The van der Waals surface area contributed by atoms with Gasteiger partial charge in [-0.3, -0.25) is 0 Å². The first kappa shape index (κ1) is 28.2. The van der Waals surface area contributed by atoms with Crippen LogP contribution in [0.15, 0.2) is 198 Å². The quantitative estimate of drug-likeness (QED) is 0.188. The summed E-state index contributed by atoms with van der Waals surface area (Å²) < 4.78 is 0. The van der Waals surface area contributed by atoms with E-state index in [1.54, 1.807) is 0 Å². The predicted octanol–water partition coefficient (Wildman–Crippen LogP) is 12.8. The standard InChI is InChI=1S/C47H31NS/c1-3-13-32(14-4-1)33-23-26-36(27-24-33)48(35-16-5-2-6-17-35)37-28-30-43-45(31-37)49-46-38-18-8-7-15-34(38)25-29-44(46)47(43)41-21-11-9-19-39(41)40-20-10-12-22-42(40)47/h1-31H. The van der Waals surface area contributed by atoms with Gasteiger partial charge in [0.25, 0.3) is 0 Å². The summed E-state index contributed by atoms with van der Waals surface area (Å²) in [7, 11) is 0. The van der Waals surface area contributed by atoms with E-state index in [1.807, 2.05) is 11.8 Å². The number of hydrogen-bond donors (Lipinski definition) is 0. The number of fused-ring (bicyclic) bond motifs is 11. The molecular weight excluding hydrogens is 611 g/mol. The summed E-state index contributed by atoms with van der Waals surface area (Å²) in [4.78, 5) is 5.01. The highest BCUT2D eigenvalue weighted by molar-refractivity contribution is 7.99. The lowest BCUT2D eigenvalue weighted by molar-refractivity contribution is 0.726. The second kappa shape index (κ2) is 11.1. The van der Waals surface area contributed by atoms with Crippen molar-refractivity contribution in [2.45, 2.75) is 15.2 Å². The molecule has 0 saturated heterocycles. The maximum absolute atomic E-state index is 2.42. The van der Waals surface area contributed by atoms with Gasteiger partial charge in [-0.05, 0) is 91.7 Å². The summed E-state index contributed by atoms with van der Waals surface area (Å²) >= 11 is 1.92. The third-order valence-corrected chi connectivity index (χ3v) is 11.5. The third kappa shape index (κ3) is 4.21. The maximum Gasteiger partial charge on any atom is 0.0735 e. The molecule has 2 aliphatic rings. The van der Waals surface area contributed by atoms with Gasteiger partial charge < -0.3 is 4.90 Å². The minimum Gasteiger partial charge on any atom is -0.310 e. The molecule has 0 aromatic heterocycles. The second-order valence-electron chi connectivity index (χ2n) is 12.9. The zero-order chi connectivity index (χ0) is 32.4. The van der Waals surface area contributed by atoms with Crippen molar-refractivity contribution < 1.29 is 0 Å². The number of nitrogens with zero attached hydrogens (tertiary/aromatic N) is 1. The van der Waals surface area contributed by atoms with Crippen molar-refractivity contribution in [1.29, 1.82) is 0 Å². The molecule has 230 valence electrons. The number of rotatable bonds is 4. The number of para-hydroxylation sites is 1. The SMILES string of the molecule is c1ccc(-c2ccc(N(c3ccccc3)c3ccc4c(c3)Sc3c(ccc5ccccc35)C43c4ccccc4-c4ccccc43)cc2)cc1. The Morgan fingerprint density at radius 2 is 0.939 bits per heavy atom. The average molecular weight is 642 g/mol. The van der Waals surface area contributed by atoms with Crippen LogP contribution in [-0.2, 0) is 5.41 Å². The van der Waals surface area contributed by atoms with E-state index in [4.69, 9.17) is 0 Å². The molecule has 0 amide bonds. The van der Waals surface area contributed by atoms with Gasteiger partial charge in [0.2, 0.25) is 0 Å². The van der Waals surface area contributed by atoms with Gasteiger partial charge in [-0.2, -0.15) is 0 Å². The van der Waals surface area contributed by atoms with Gasteiger partial charge in [0.15, 0.2) is 0 Å². The van der Waals surface area contributed by atoms with Crippen molar-refractivity contribution in [2.24, 2.45) is 0 Å². The Bertz CT molecular complexity index is 2470. The van der Waals surface area contributed by atoms with Crippen LogP contribution in [0.5, 0.6) is 0 Å². The predicted molar refractivity (Wildman–Crippen MR) is 205 cm³/mol. The van der Waals surface area contributed by atoms with Gasteiger partial charge in [0.05, 0.1) is 5.41 Å². The summed E-state index contributed by atoms with van der Waals surface area (Å²) in [6.45, 7) is 0. The van der Waals surface area contributed by atoms with E-state index in [0.717, 1.165) is 17.1 Å². The van der Waals surface area contributed by atoms with Crippen LogP contribution in [-0.4, -0.2) is 0 Å². The molecule has 0 fully saturated rings. The first-order chi connectivity index (χ1) is 24.3. The van der Waals surface area contributed by atoms with Crippen LogP contribution < -0.4 is 4.90 Å². The first-order valence-electron chi connectivity index (χ1n) is 16.9. The van der Waals surface area contributed by atoms with Crippen LogP contribution in [0, 0.1) is 0 Å². The van der Waals surface area contributed by atoms with Gasteiger partial charge in [0.1, 0.15) is 0 Å². The molecule has 8 aromatic carbocycles. The Hall–Kier alpha value is -5.83. The summed E-state index contributed by atoms with van der Waals surface area (Å²) in [5.74, 6) is 0. The molecule has 0 N–H and O–H groups in total. The van der Waals surface area contributed by atoms with Crippen LogP contribution in [0.1, 0.15) is 22.3 Å². The molecule has 1 nitrogen and oxygen atoms in total. The molecule has 0 saturated carbocycles. The molecule has 0 atom stereocenters. The van der Waals surface area contributed by atoms with E-state index in [9.17, 15) is 0 Å². The fourth-order valence-corrected chi connectivity index (χ4v) is 9.58. The monoisotopic (exact) mass is 641 g/mol. The van der Waals surface area contributed by atoms with Crippen molar-refractivity contribution >= 4 is 39.6 Å². The van der Waals surface area contributed by atoms with Crippen LogP contribution >= 0.6 is 11.8 Å².